The zero-order valence-corrected chi connectivity index (χ0v) is 44.2. The summed E-state index contributed by atoms with van der Waals surface area (Å²) >= 11 is 0. The predicted molar refractivity (Wildman–Crippen MR) is 262 cm³/mol. The molecule has 5 N–H and O–H groups in total. The van der Waals surface area contributed by atoms with Crippen molar-refractivity contribution in [1.82, 2.24) is 28.7 Å². The molecule has 0 saturated carbocycles. The van der Waals surface area contributed by atoms with Crippen molar-refractivity contribution >= 4 is 0 Å². The summed E-state index contributed by atoms with van der Waals surface area (Å²) in [5.41, 5.74) is -1.02. The van der Waals surface area contributed by atoms with Gasteiger partial charge in [0.05, 0.1) is 42.7 Å². The number of hydrogen-bond donors (Lipinski definition) is 5. The van der Waals surface area contributed by atoms with Gasteiger partial charge < -0.3 is 53.2 Å². The molecule has 3 fully saturated rings. The number of aliphatic hydroxyl groups is 3. The van der Waals surface area contributed by atoms with E-state index in [9.17, 15) is 39.3 Å². The summed E-state index contributed by atoms with van der Waals surface area (Å²) in [6, 6.07) is 0.226. The molecule has 4 aliphatic heterocycles. The van der Waals surface area contributed by atoms with Crippen molar-refractivity contribution in [3.63, 3.8) is 0 Å². The van der Waals surface area contributed by atoms with E-state index in [0.29, 0.717) is 41.6 Å². The summed E-state index contributed by atoms with van der Waals surface area (Å²) in [6.07, 6.45) is -1.07. The van der Waals surface area contributed by atoms with Gasteiger partial charge in [-0.3, -0.25) is 38.1 Å². The lowest BCUT2D eigenvalue weighted by Crippen LogP contribution is -2.42. The number of nitrogens with one attached hydrogen (secondary N) is 2. The lowest BCUT2D eigenvalue weighted by atomic mass is 10.1. The fourth-order valence-corrected chi connectivity index (χ4v) is 7.98. The van der Waals surface area contributed by atoms with Crippen LogP contribution in [0.4, 0.5) is 0 Å². The highest BCUT2D eigenvalue weighted by molar-refractivity contribution is 5.15. The molecular weight excluding hydrogens is 929 g/mol. The van der Waals surface area contributed by atoms with Crippen LogP contribution in [0.15, 0.2) is 42.6 Å². The van der Waals surface area contributed by atoms with Gasteiger partial charge >= 0.3 is 17.4 Å². The molecule has 3 aromatic heterocycles. The number of rotatable bonds is 14. The molecule has 0 radical (unpaired) electrons. The summed E-state index contributed by atoms with van der Waals surface area (Å²) in [7, 11) is 3.32. The van der Waals surface area contributed by atoms with Gasteiger partial charge in [-0.05, 0) is 79.6 Å². The maximum absolute atomic E-state index is 12.2. The van der Waals surface area contributed by atoms with E-state index in [1.807, 2.05) is 55.4 Å². The van der Waals surface area contributed by atoms with Gasteiger partial charge in [-0.2, -0.15) is 4.98 Å². The topological polar surface area (TPSA) is 279 Å². The molecule has 0 aromatic carbocycles. The van der Waals surface area contributed by atoms with Crippen LogP contribution in [0.5, 0.6) is 6.01 Å². The molecule has 3 saturated heterocycles. The Balaban J connectivity index is 0.000000219. The van der Waals surface area contributed by atoms with Gasteiger partial charge in [-0.25, -0.2) is 9.59 Å². The summed E-state index contributed by atoms with van der Waals surface area (Å²) in [6.45, 7) is 26.7. The number of methoxy groups -OCH3 is 2. The zero-order valence-electron chi connectivity index (χ0n) is 44.2. The monoisotopic (exact) mass is 1010 g/mol. The molecule has 22 heteroatoms. The summed E-state index contributed by atoms with van der Waals surface area (Å²) in [5, 5.41) is 31.0. The largest absolute Gasteiger partial charge is 0.453 e. The van der Waals surface area contributed by atoms with Crippen molar-refractivity contribution in [2.24, 2.45) is 11.8 Å². The normalized spacial score (nSPS) is 29.1. The Bertz CT molecular complexity index is 2470. The first-order valence-electron chi connectivity index (χ1n) is 24.6. The first-order valence-corrected chi connectivity index (χ1v) is 24.6. The van der Waals surface area contributed by atoms with Crippen LogP contribution in [-0.4, -0.2) is 138 Å². The molecule has 71 heavy (non-hydrogen) atoms. The van der Waals surface area contributed by atoms with E-state index in [0.717, 1.165) is 6.42 Å². The Hall–Kier alpha value is -4.36. The van der Waals surface area contributed by atoms with E-state index in [1.165, 1.54) is 21.5 Å². The number of aliphatic hydroxyl groups excluding tert-OH is 3. The third-order valence-corrected chi connectivity index (χ3v) is 13.6. The quantitative estimate of drug-likeness (QED) is 0.155. The SMILES string of the molecule is CC[C@H]1O[C@@H](n2cc(C)c(=O)[nH]c2=O)[C@@H](O[C@@H](C)C(C)C)C1O.CC[C@H]1O[C@@H](n2cc(C)c(=O)[nH]c2=O)[C@@H](O[C@H](C)[C@@H](C)OC)C1O.CC[C@H]1O[C@@H]2[C@H](Oc3nc(=O)c(C)cn32)C1O.CO[C@H](C)C(C)C. The number of H-pyrrole nitrogens is 2. The summed E-state index contributed by atoms with van der Waals surface area (Å²) < 4.78 is 49.3. The van der Waals surface area contributed by atoms with E-state index in [-0.39, 0.29) is 48.1 Å². The van der Waals surface area contributed by atoms with Gasteiger partial charge in [0, 0.05) is 49.5 Å². The van der Waals surface area contributed by atoms with Crippen molar-refractivity contribution in [2.75, 3.05) is 14.2 Å². The van der Waals surface area contributed by atoms with Crippen LogP contribution in [0.3, 0.4) is 0 Å². The second kappa shape index (κ2) is 26.0. The average Bonchev–Trinajstić information content (AvgIpc) is 4.04. The Morgan fingerprint density at radius 3 is 1.35 bits per heavy atom. The fraction of sp³-hybridized carbons (Fsp3) is 0.755. The number of fused-ring (bicyclic) bond motifs is 3. The smallest absolute Gasteiger partial charge is 0.330 e. The van der Waals surface area contributed by atoms with Crippen molar-refractivity contribution in [1.29, 1.82) is 0 Å². The maximum Gasteiger partial charge on any atom is 0.330 e. The third kappa shape index (κ3) is 14.0. The molecule has 3 unspecified atom stereocenters. The molecule has 3 aromatic rings. The van der Waals surface area contributed by atoms with Crippen LogP contribution >= 0.6 is 0 Å². The van der Waals surface area contributed by atoms with Crippen molar-refractivity contribution in [3.05, 3.63) is 87.3 Å². The van der Waals surface area contributed by atoms with Crippen LogP contribution in [-0.2, 0) is 33.2 Å². The standard InChI is InChI=1S/C16H26N2O6.C16H26N2O5.C11H14N2O4.C6H14O/c1-6-11-12(19)13(23-10(4)9(3)22-5)15(24-11)18-7-8(2)14(20)17-16(18)21;1-6-11-12(19)13(22-10(5)8(2)3)15(23-11)18-7-9(4)14(20)17-16(18)21;1-3-6-7(14)8-10(16-6)13-4-5(2)9(15)12-11(13)17-8;1-5(2)6(3)7-4/h7,9-13,15,19H,6H2,1-5H3,(H,17,20,21);7-8,10-13,15,19H,6H2,1-5H3,(H,17,20,21);4,6-8,10,14H,3H2,1-2H3;5-6H,1-4H3/t9-,10-,11-,12?,13+,15-;10-,11+,12?,13-,15+;6-,7?,8-,10-;6-/m1011/s1. The first-order chi connectivity index (χ1) is 33.3. The fourth-order valence-electron chi connectivity index (χ4n) is 7.98. The Kier molecular flexibility index (Phi) is 21.7. The van der Waals surface area contributed by atoms with Crippen LogP contribution in [0, 0.1) is 32.6 Å². The number of nitrogens with zero attached hydrogens (tertiary/aromatic N) is 4. The van der Waals surface area contributed by atoms with Gasteiger partial charge in [0.15, 0.2) is 24.8 Å². The molecule has 7 heterocycles. The highest BCUT2D eigenvalue weighted by atomic mass is 16.6. The molecule has 0 bridgehead atoms. The minimum absolute atomic E-state index is 0.101. The highest BCUT2D eigenvalue weighted by Gasteiger charge is 2.51. The van der Waals surface area contributed by atoms with E-state index < -0.39 is 83.8 Å². The van der Waals surface area contributed by atoms with Gasteiger partial charge in [0.2, 0.25) is 0 Å². The second-order valence-electron chi connectivity index (χ2n) is 19.3. The van der Waals surface area contributed by atoms with Gasteiger partial charge in [-0.15, -0.1) is 0 Å². The van der Waals surface area contributed by atoms with Crippen molar-refractivity contribution < 1.29 is 53.2 Å². The van der Waals surface area contributed by atoms with E-state index in [4.69, 9.17) is 37.9 Å². The van der Waals surface area contributed by atoms with E-state index >= 15 is 0 Å². The number of aromatic amines is 2. The molecule has 0 spiro atoms. The average molecular weight is 1010 g/mol. The van der Waals surface area contributed by atoms with Crippen LogP contribution in [0.1, 0.15) is 131 Å². The summed E-state index contributed by atoms with van der Waals surface area (Å²) in [5.74, 6) is 0.905. The van der Waals surface area contributed by atoms with Gasteiger partial charge in [-0.1, -0.05) is 48.5 Å². The lowest BCUT2D eigenvalue weighted by Gasteiger charge is -2.28. The molecule has 7 rings (SSSR count). The third-order valence-electron chi connectivity index (χ3n) is 13.6. The molecule has 16 atom stereocenters. The molecule has 0 aliphatic carbocycles. The van der Waals surface area contributed by atoms with Crippen LogP contribution < -0.4 is 32.8 Å². The number of aromatic nitrogens is 6. The van der Waals surface area contributed by atoms with Crippen LogP contribution in [0.2, 0.25) is 0 Å². The van der Waals surface area contributed by atoms with Crippen molar-refractivity contribution in [3.8, 4) is 6.01 Å². The number of hydrogen-bond acceptors (Lipinski definition) is 17. The predicted octanol–water partition coefficient (Wildman–Crippen LogP) is 2.92. The lowest BCUT2D eigenvalue weighted by molar-refractivity contribution is -0.129. The molecule has 0 amide bonds. The first kappa shape index (κ1) is 59.2. The number of aryl methyl sites for hydroxylation is 3. The Morgan fingerprint density at radius 2 is 0.958 bits per heavy atom. The molecular formula is C49H80N6O16. The van der Waals surface area contributed by atoms with Gasteiger partial charge in [0.1, 0.15) is 30.5 Å². The summed E-state index contributed by atoms with van der Waals surface area (Å²) in [4.78, 5) is 67.1. The van der Waals surface area contributed by atoms with Crippen LogP contribution in [0.25, 0.3) is 0 Å². The zero-order chi connectivity index (χ0) is 53.3. The molecule has 4 aliphatic rings. The van der Waals surface area contributed by atoms with E-state index in [1.54, 1.807) is 45.8 Å². The minimum Gasteiger partial charge on any atom is -0.453 e. The van der Waals surface area contributed by atoms with E-state index in [2.05, 4.69) is 35.7 Å². The molecule has 402 valence electrons. The van der Waals surface area contributed by atoms with Gasteiger partial charge in [0.25, 0.3) is 16.7 Å². The minimum atomic E-state index is -0.884. The maximum atomic E-state index is 12.2. The Morgan fingerprint density at radius 1 is 0.563 bits per heavy atom. The highest BCUT2D eigenvalue weighted by Crippen LogP contribution is 2.40. The second-order valence-corrected chi connectivity index (χ2v) is 19.3. The van der Waals surface area contributed by atoms with Crippen molar-refractivity contribution in [2.45, 2.75) is 214 Å². The number of ether oxygens (including phenoxy) is 8. The Labute approximate surface area is 414 Å². The molecule has 22 nitrogen and oxygen atoms in total.